The van der Waals surface area contributed by atoms with Crippen LogP contribution in [0.2, 0.25) is 0 Å². The van der Waals surface area contributed by atoms with Crippen molar-refractivity contribution in [2.75, 3.05) is 12.4 Å². The molecule has 0 saturated carbocycles. The van der Waals surface area contributed by atoms with Crippen LogP contribution in [-0.2, 0) is 0 Å². The zero-order valence-corrected chi connectivity index (χ0v) is 11.7. The summed E-state index contributed by atoms with van der Waals surface area (Å²) in [6, 6.07) is 11.4. The van der Waals surface area contributed by atoms with Gasteiger partial charge in [0.25, 0.3) is 5.91 Å². The van der Waals surface area contributed by atoms with E-state index in [-0.39, 0.29) is 11.5 Å². The first-order chi connectivity index (χ1) is 10.0. The molecule has 0 atom stereocenters. The predicted octanol–water partition coefficient (Wildman–Crippen LogP) is 2.95. The van der Waals surface area contributed by atoms with E-state index in [1.54, 1.807) is 24.3 Å². The number of rotatable bonds is 4. The third-order valence-corrected chi connectivity index (χ3v) is 2.97. The smallest absolute Gasteiger partial charge is 0.335 e. The fourth-order valence-electron chi connectivity index (χ4n) is 1.93. The number of hydrogen-bond acceptors (Lipinski definition) is 3. The molecule has 2 N–H and O–H groups in total. The lowest BCUT2D eigenvalue weighted by atomic mass is 10.1. The maximum atomic E-state index is 12.3. The number of benzene rings is 2. The molecule has 1 amide bonds. The molecule has 0 aliphatic carbocycles. The van der Waals surface area contributed by atoms with Gasteiger partial charge < -0.3 is 15.2 Å². The number of nitrogens with one attached hydrogen (secondary N) is 1. The Morgan fingerprint density at radius 1 is 1.14 bits per heavy atom. The molecule has 2 aromatic rings. The average Bonchev–Trinajstić information content (AvgIpc) is 2.47. The van der Waals surface area contributed by atoms with E-state index in [1.807, 2.05) is 13.0 Å². The summed E-state index contributed by atoms with van der Waals surface area (Å²) in [5.41, 5.74) is 1.87. The molecule has 0 aliphatic rings. The molecule has 0 spiro atoms. The minimum Gasteiger partial charge on any atom is -0.496 e. The summed E-state index contributed by atoms with van der Waals surface area (Å²) >= 11 is 0. The SMILES string of the molecule is COc1ccc(C)cc1C(=O)Nc1cccc(C(=O)O)c1. The second-order valence-corrected chi connectivity index (χ2v) is 4.54. The monoisotopic (exact) mass is 285 g/mol. The first kappa shape index (κ1) is 14.6. The van der Waals surface area contributed by atoms with Gasteiger partial charge in [0.2, 0.25) is 0 Å². The highest BCUT2D eigenvalue weighted by Crippen LogP contribution is 2.21. The Labute approximate surface area is 122 Å². The number of amides is 1. The van der Waals surface area contributed by atoms with Gasteiger partial charge in [-0.1, -0.05) is 17.7 Å². The molecule has 0 heterocycles. The van der Waals surface area contributed by atoms with E-state index in [0.29, 0.717) is 17.0 Å². The molecular formula is C16H15NO4. The van der Waals surface area contributed by atoms with Crippen molar-refractivity contribution in [1.29, 1.82) is 0 Å². The van der Waals surface area contributed by atoms with Crippen molar-refractivity contribution in [3.05, 3.63) is 59.2 Å². The molecule has 0 aliphatic heterocycles. The van der Waals surface area contributed by atoms with Crippen LogP contribution < -0.4 is 10.1 Å². The first-order valence-electron chi connectivity index (χ1n) is 6.30. The van der Waals surface area contributed by atoms with Crippen molar-refractivity contribution in [3.8, 4) is 5.75 Å². The van der Waals surface area contributed by atoms with Crippen LogP contribution in [0.3, 0.4) is 0 Å². The zero-order chi connectivity index (χ0) is 15.4. The maximum absolute atomic E-state index is 12.3. The van der Waals surface area contributed by atoms with Crippen LogP contribution >= 0.6 is 0 Å². The topological polar surface area (TPSA) is 75.6 Å². The number of anilines is 1. The van der Waals surface area contributed by atoms with Crippen LogP contribution in [0.5, 0.6) is 5.75 Å². The standard InChI is InChI=1S/C16H15NO4/c1-10-6-7-14(21-2)13(8-10)15(18)17-12-5-3-4-11(9-12)16(19)20/h3-9H,1-2H3,(H,17,18)(H,19,20). The number of methoxy groups -OCH3 is 1. The van der Waals surface area contributed by atoms with Gasteiger partial charge in [-0.3, -0.25) is 4.79 Å². The molecule has 2 aromatic carbocycles. The molecular weight excluding hydrogens is 270 g/mol. The normalized spacial score (nSPS) is 10.0. The van der Waals surface area contributed by atoms with Crippen molar-refractivity contribution in [3.63, 3.8) is 0 Å². The minimum absolute atomic E-state index is 0.115. The molecule has 5 heteroatoms. The van der Waals surface area contributed by atoms with Gasteiger partial charge in [-0.05, 0) is 37.3 Å². The summed E-state index contributed by atoms with van der Waals surface area (Å²) in [6.07, 6.45) is 0. The summed E-state index contributed by atoms with van der Waals surface area (Å²) in [7, 11) is 1.49. The molecule has 5 nitrogen and oxygen atoms in total. The maximum Gasteiger partial charge on any atom is 0.335 e. The molecule has 0 unspecified atom stereocenters. The molecule has 0 aromatic heterocycles. The number of carboxylic acids is 1. The summed E-state index contributed by atoms with van der Waals surface area (Å²) < 4.78 is 5.17. The Kier molecular flexibility index (Phi) is 4.23. The summed E-state index contributed by atoms with van der Waals surface area (Å²) in [6.45, 7) is 1.88. The first-order valence-corrected chi connectivity index (χ1v) is 6.30. The number of aryl methyl sites for hydroxylation is 1. The van der Waals surface area contributed by atoms with Crippen molar-refractivity contribution in [2.24, 2.45) is 0 Å². The van der Waals surface area contributed by atoms with E-state index in [1.165, 1.54) is 19.2 Å². The fourth-order valence-corrected chi connectivity index (χ4v) is 1.93. The van der Waals surface area contributed by atoms with Gasteiger partial charge >= 0.3 is 5.97 Å². The van der Waals surface area contributed by atoms with Crippen LogP contribution in [0.4, 0.5) is 5.69 Å². The highest BCUT2D eigenvalue weighted by Gasteiger charge is 2.13. The van der Waals surface area contributed by atoms with E-state index < -0.39 is 5.97 Å². The molecule has 21 heavy (non-hydrogen) atoms. The van der Waals surface area contributed by atoms with E-state index in [9.17, 15) is 9.59 Å². The largest absolute Gasteiger partial charge is 0.496 e. The van der Waals surface area contributed by atoms with Crippen LogP contribution in [0.1, 0.15) is 26.3 Å². The van der Waals surface area contributed by atoms with Gasteiger partial charge in [0, 0.05) is 5.69 Å². The number of carbonyl (C=O) groups is 2. The number of aromatic carboxylic acids is 1. The summed E-state index contributed by atoms with van der Waals surface area (Å²) in [4.78, 5) is 23.2. The highest BCUT2D eigenvalue weighted by molar-refractivity contribution is 6.06. The summed E-state index contributed by atoms with van der Waals surface area (Å²) in [5, 5.41) is 11.6. The molecule has 0 radical (unpaired) electrons. The van der Waals surface area contributed by atoms with Crippen LogP contribution in [-0.4, -0.2) is 24.1 Å². The Hall–Kier alpha value is -2.82. The third kappa shape index (κ3) is 3.39. The number of ether oxygens (including phenoxy) is 1. The quantitative estimate of drug-likeness (QED) is 0.905. The van der Waals surface area contributed by atoms with Crippen LogP contribution in [0.15, 0.2) is 42.5 Å². The molecule has 108 valence electrons. The Balaban J connectivity index is 2.28. The second kappa shape index (κ2) is 6.09. The van der Waals surface area contributed by atoms with E-state index in [2.05, 4.69) is 5.32 Å². The minimum atomic E-state index is -1.04. The van der Waals surface area contributed by atoms with Gasteiger partial charge in [-0.15, -0.1) is 0 Å². The predicted molar refractivity (Wildman–Crippen MR) is 79.1 cm³/mol. The lowest BCUT2D eigenvalue weighted by molar-refractivity contribution is 0.0696. The van der Waals surface area contributed by atoms with Gasteiger partial charge in [-0.25, -0.2) is 4.79 Å². The van der Waals surface area contributed by atoms with Crippen LogP contribution in [0, 0.1) is 6.92 Å². The number of hydrogen-bond donors (Lipinski definition) is 2. The molecule has 0 bridgehead atoms. The fraction of sp³-hybridized carbons (Fsp3) is 0.125. The molecule has 2 rings (SSSR count). The molecule has 0 fully saturated rings. The van der Waals surface area contributed by atoms with E-state index in [4.69, 9.17) is 9.84 Å². The van der Waals surface area contributed by atoms with Crippen molar-refractivity contribution >= 4 is 17.6 Å². The summed E-state index contributed by atoms with van der Waals surface area (Å²) in [5.74, 6) is -0.926. The van der Waals surface area contributed by atoms with Gasteiger partial charge in [0.05, 0.1) is 18.2 Å². The Morgan fingerprint density at radius 3 is 2.57 bits per heavy atom. The lowest BCUT2D eigenvalue weighted by Gasteiger charge is -2.10. The Bertz CT molecular complexity index is 694. The van der Waals surface area contributed by atoms with Gasteiger partial charge in [-0.2, -0.15) is 0 Å². The zero-order valence-electron chi connectivity index (χ0n) is 11.7. The molecule has 0 saturated heterocycles. The van der Waals surface area contributed by atoms with E-state index in [0.717, 1.165) is 5.56 Å². The van der Waals surface area contributed by atoms with E-state index >= 15 is 0 Å². The van der Waals surface area contributed by atoms with Crippen molar-refractivity contribution in [2.45, 2.75) is 6.92 Å². The average molecular weight is 285 g/mol. The number of carboxylic acid groups (broad SMARTS) is 1. The van der Waals surface area contributed by atoms with Gasteiger partial charge in [0.1, 0.15) is 5.75 Å². The third-order valence-electron chi connectivity index (χ3n) is 2.97. The van der Waals surface area contributed by atoms with Crippen LogP contribution in [0.25, 0.3) is 0 Å². The Morgan fingerprint density at radius 2 is 1.90 bits per heavy atom. The van der Waals surface area contributed by atoms with Crippen molar-refractivity contribution < 1.29 is 19.4 Å². The van der Waals surface area contributed by atoms with Gasteiger partial charge in [0.15, 0.2) is 0 Å². The highest BCUT2D eigenvalue weighted by atomic mass is 16.5. The van der Waals surface area contributed by atoms with Crippen molar-refractivity contribution in [1.82, 2.24) is 0 Å². The number of carbonyl (C=O) groups excluding carboxylic acids is 1. The second-order valence-electron chi connectivity index (χ2n) is 4.54. The lowest BCUT2D eigenvalue weighted by Crippen LogP contribution is -2.14.